The number of esters is 1. The third kappa shape index (κ3) is 5.47. The molecule has 2 N–H and O–H groups in total. The molecule has 1 aliphatic carbocycles. The van der Waals surface area contributed by atoms with Crippen molar-refractivity contribution in [3.8, 4) is 0 Å². The molecule has 0 aliphatic heterocycles. The fraction of sp³-hybridized carbons (Fsp3) is 0.381. The Balaban J connectivity index is 1.60. The zero-order valence-corrected chi connectivity index (χ0v) is 19.3. The van der Waals surface area contributed by atoms with Crippen LogP contribution in [0.25, 0.3) is 0 Å². The van der Waals surface area contributed by atoms with Crippen molar-refractivity contribution in [3.63, 3.8) is 0 Å². The summed E-state index contributed by atoms with van der Waals surface area (Å²) in [5, 5.41) is 6.19. The Kier molecular flexibility index (Phi) is 7.63. The number of halogens is 1. The van der Waals surface area contributed by atoms with Crippen LogP contribution in [0.2, 0.25) is 0 Å². The van der Waals surface area contributed by atoms with Gasteiger partial charge in [0.25, 0.3) is 0 Å². The second-order valence-corrected chi connectivity index (χ2v) is 9.11. The van der Waals surface area contributed by atoms with Crippen molar-refractivity contribution >= 4 is 55.7 Å². The van der Waals surface area contributed by atoms with Gasteiger partial charge in [-0.15, -0.1) is 11.3 Å². The lowest BCUT2D eigenvalue weighted by molar-refractivity contribution is -0.119. The van der Waals surface area contributed by atoms with Crippen molar-refractivity contribution < 1.29 is 19.1 Å². The maximum atomic E-state index is 12.6. The van der Waals surface area contributed by atoms with E-state index in [1.54, 1.807) is 18.0 Å². The Hall–Kier alpha value is -2.23. The van der Waals surface area contributed by atoms with E-state index in [2.05, 4.69) is 26.6 Å². The minimum absolute atomic E-state index is 0.0204. The maximum absolute atomic E-state index is 12.6. The molecule has 3 rings (SSSR count). The number of thiophene rings is 1. The molecular formula is C21H24BrN3O4S. The third-order valence-electron chi connectivity index (χ3n) is 4.79. The molecule has 1 aliphatic rings. The van der Waals surface area contributed by atoms with Gasteiger partial charge in [-0.25, -0.2) is 4.79 Å². The lowest BCUT2D eigenvalue weighted by atomic mass is 9.95. The van der Waals surface area contributed by atoms with Crippen LogP contribution >= 0.6 is 27.3 Å². The summed E-state index contributed by atoms with van der Waals surface area (Å²) in [4.78, 5) is 39.9. The highest BCUT2D eigenvalue weighted by molar-refractivity contribution is 9.10. The lowest BCUT2D eigenvalue weighted by Gasteiger charge is -2.16. The first-order valence-electron chi connectivity index (χ1n) is 9.64. The van der Waals surface area contributed by atoms with E-state index >= 15 is 0 Å². The van der Waals surface area contributed by atoms with Crippen LogP contribution in [-0.2, 0) is 27.2 Å². The molecule has 2 aromatic rings. The molecule has 2 amide bonds. The van der Waals surface area contributed by atoms with E-state index in [-0.39, 0.29) is 24.9 Å². The largest absolute Gasteiger partial charge is 0.465 e. The number of benzene rings is 1. The highest BCUT2D eigenvalue weighted by atomic mass is 79.9. The predicted octanol–water partition coefficient (Wildman–Crippen LogP) is 3.69. The number of fused-ring (bicyclic) bond motifs is 1. The van der Waals surface area contributed by atoms with Crippen LogP contribution in [0.4, 0.5) is 10.7 Å². The Labute approximate surface area is 187 Å². The summed E-state index contributed by atoms with van der Waals surface area (Å²) in [5.74, 6) is -0.931. The standard InChI is InChI=1S/C21H24BrN3O4S/c1-25(11-17(26)23-15-9-5-4-8-14(15)22)12-18(27)24-20-19(21(28)29-2)13-7-3-6-10-16(13)30-20/h4-5,8-9H,3,6-7,10-12H2,1-2H3,(H,23,26)(H,24,27). The number of nitrogens with zero attached hydrogens (tertiary/aromatic N) is 1. The van der Waals surface area contributed by atoms with Crippen molar-refractivity contribution in [1.29, 1.82) is 0 Å². The lowest BCUT2D eigenvalue weighted by Crippen LogP contribution is -2.36. The summed E-state index contributed by atoms with van der Waals surface area (Å²) >= 11 is 4.83. The number of carbonyl (C=O) groups is 3. The number of aryl methyl sites for hydroxylation is 1. The fourth-order valence-electron chi connectivity index (χ4n) is 3.44. The molecule has 0 spiro atoms. The topological polar surface area (TPSA) is 87.7 Å². The Morgan fingerprint density at radius 2 is 1.77 bits per heavy atom. The zero-order valence-electron chi connectivity index (χ0n) is 16.9. The molecule has 0 unspecified atom stereocenters. The summed E-state index contributed by atoms with van der Waals surface area (Å²) in [6.45, 7) is 0.0755. The number of carbonyl (C=O) groups excluding carboxylic acids is 3. The number of likely N-dealkylation sites (N-methyl/N-ethyl adjacent to an activating group) is 1. The van der Waals surface area contributed by atoms with E-state index in [0.29, 0.717) is 16.3 Å². The molecule has 9 heteroatoms. The van der Waals surface area contributed by atoms with Crippen molar-refractivity contribution in [2.24, 2.45) is 0 Å². The van der Waals surface area contributed by atoms with E-state index in [0.717, 1.165) is 40.6 Å². The van der Waals surface area contributed by atoms with E-state index < -0.39 is 5.97 Å². The molecule has 7 nitrogen and oxygen atoms in total. The summed E-state index contributed by atoms with van der Waals surface area (Å²) < 4.78 is 5.72. The summed E-state index contributed by atoms with van der Waals surface area (Å²) in [5.41, 5.74) is 2.14. The monoisotopic (exact) mass is 493 g/mol. The third-order valence-corrected chi connectivity index (χ3v) is 6.69. The van der Waals surface area contributed by atoms with E-state index in [4.69, 9.17) is 4.74 Å². The molecule has 1 aromatic carbocycles. The van der Waals surface area contributed by atoms with Crippen LogP contribution < -0.4 is 10.6 Å². The highest BCUT2D eigenvalue weighted by Gasteiger charge is 2.27. The molecule has 0 radical (unpaired) electrons. The predicted molar refractivity (Wildman–Crippen MR) is 121 cm³/mol. The fourth-order valence-corrected chi connectivity index (χ4v) is 5.11. The number of amides is 2. The van der Waals surface area contributed by atoms with Gasteiger partial charge in [-0.3, -0.25) is 14.5 Å². The quantitative estimate of drug-likeness (QED) is 0.574. The van der Waals surface area contributed by atoms with Gasteiger partial charge < -0.3 is 15.4 Å². The molecule has 1 aromatic heterocycles. The molecule has 30 heavy (non-hydrogen) atoms. The number of hydrogen-bond donors (Lipinski definition) is 2. The van der Waals surface area contributed by atoms with Gasteiger partial charge in [0.15, 0.2) is 0 Å². The molecule has 0 saturated heterocycles. The van der Waals surface area contributed by atoms with Gasteiger partial charge in [-0.05, 0) is 66.4 Å². The number of hydrogen-bond acceptors (Lipinski definition) is 6. The van der Waals surface area contributed by atoms with Crippen LogP contribution in [0, 0.1) is 0 Å². The van der Waals surface area contributed by atoms with Gasteiger partial charge in [-0.2, -0.15) is 0 Å². The first-order valence-corrected chi connectivity index (χ1v) is 11.3. The Morgan fingerprint density at radius 1 is 1.10 bits per heavy atom. The Bertz CT molecular complexity index is 960. The number of nitrogens with one attached hydrogen (secondary N) is 2. The number of anilines is 2. The van der Waals surface area contributed by atoms with E-state index in [1.807, 2.05) is 18.2 Å². The second-order valence-electron chi connectivity index (χ2n) is 7.16. The Morgan fingerprint density at radius 3 is 2.47 bits per heavy atom. The van der Waals surface area contributed by atoms with Crippen LogP contribution in [0.3, 0.4) is 0 Å². The smallest absolute Gasteiger partial charge is 0.341 e. The summed E-state index contributed by atoms with van der Waals surface area (Å²) in [7, 11) is 3.04. The number of ether oxygens (including phenoxy) is 1. The van der Waals surface area contributed by atoms with Gasteiger partial charge in [0.1, 0.15) is 5.00 Å². The minimum atomic E-state index is -0.425. The van der Waals surface area contributed by atoms with Crippen molar-refractivity contribution in [3.05, 3.63) is 44.7 Å². The number of methoxy groups -OCH3 is 1. The van der Waals surface area contributed by atoms with Crippen LogP contribution in [0.1, 0.15) is 33.6 Å². The minimum Gasteiger partial charge on any atom is -0.465 e. The average Bonchev–Trinajstić information content (AvgIpc) is 3.06. The molecule has 1 heterocycles. The first kappa shape index (κ1) is 22.5. The van der Waals surface area contributed by atoms with E-state index in [1.165, 1.54) is 18.4 Å². The molecule has 160 valence electrons. The average molecular weight is 494 g/mol. The number of para-hydroxylation sites is 1. The van der Waals surface area contributed by atoms with Crippen LogP contribution in [-0.4, -0.2) is 49.9 Å². The first-order chi connectivity index (χ1) is 14.4. The van der Waals surface area contributed by atoms with Gasteiger partial charge in [0.05, 0.1) is 31.5 Å². The molecule has 0 atom stereocenters. The molecular weight excluding hydrogens is 470 g/mol. The molecule has 0 fully saturated rings. The van der Waals surface area contributed by atoms with Crippen LogP contribution in [0.15, 0.2) is 28.7 Å². The van der Waals surface area contributed by atoms with E-state index in [9.17, 15) is 14.4 Å². The maximum Gasteiger partial charge on any atom is 0.341 e. The zero-order chi connectivity index (χ0) is 21.7. The van der Waals surface area contributed by atoms with Gasteiger partial charge >= 0.3 is 5.97 Å². The van der Waals surface area contributed by atoms with Crippen molar-refractivity contribution in [2.45, 2.75) is 25.7 Å². The van der Waals surface area contributed by atoms with Crippen molar-refractivity contribution in [2.75, 3.05) is 37.9 Å². The SMILES string of the molecule is COC(=O)c1c(NC(=O)CN(C)CC(=O)Nc2ccccc2Br)sc2c1CCCC2. The summed E-state index contributed by atoms with van der Waals surface area (Å²) in [6.07, 6.45) is 3.84. The molecule has 0 bridgehead atoms. The number of rotatable bonds is 7. The second kappa shape index (κ2) is 10.2. The highest BCUT2D eigenvalue weighted by Crippen LogP contribution is 2.38. The van der Waals surface area contributed by atoms with Gasteiger partial charge in [0, 0.05) is 9.35 Å². The normalized spacial score (nSPS) is 12.9. The summed E-state index contributed by atoms with van der Waals surface area (Å²) in [6, 6.07) is 7.33. The van der Waals surface area contributed by atoms with Gasteiger partial charge in [0.2, 0.25) is 11.8 Å². The van der Waals surface area contributed by atoms with Crippen molar-refractivity contribution in [1.82, 2.24) is 4.90 Å². The molecule has 0 saturated carbocycles. The van der Waals surface area contributed by atoms with Crippen LogP contribution in [0.5, 0.6) is 0 Å². The van der Waals surface area contributed by atoms with Gasteiger partial charge in [-0.1, -0.05) is 12.1 Å².